The Kier molecular flexibility index (Phi) is 5.40. The van der Waals surface area contributed by atoms with Gasteiger partial charge in [0.1, 0.15) is 0 Å². The molecule has 0 aliphatic carbocycles. The van der Waals surface area contributed by atoms with Crippen molar-refractivity contribution in [1.29, 1.82) is 0 Å². The molecule has 2 amide bonds. The number of fused-ring (bicyclic) bond motifs is 1. The lowest BCUT2D eigenvalue weighted by Gasteiger charge is -2.35. The summed E-state index contributed by atoms with van der Waals surface area (Å²) in [6, 6.07) is 24.7. The number of carbonyl (C=O) groups is 2. The molecule has 5 nitrogen and oxygen atoms in total. The minimum atomic E-state index is -0.328. The highest BCUT2D eigenvalue weighted by Gasteiger charge is 2.29. The van der Waals surface area contributed by atoms with E-state index in [1.165, 1.54) is 11.1 Å². The largest absolute Gasteiger partial charge is 0.368 e. The number of nitrogens with one attached hydrogen (secondary N) is 1. The summed E-state index contributed by atoms with van der Waals surface area (Å²) in [5.41, 5.74) is 10.5. The quantitative estimate of drug-likeness (QED) is 0.707. The van der Waals surface area contributed by atoms with Crippen molar-refractivity contribution in [2.24, 2.45) is 5.73 Å². The molecule has 1 heterocycles. The number of nitrogens with two attached hydrogens (primary N) is 1. The van der Waals surface area contributed by atoms with Gasteiger partial charge in [0.25, 0.3) is 5.91 Å². The van der Waals surface area contributed by atoms with Crippen LogP contribution in [0.4, 0.5) is 5.69 Å². The number of hydrogen-bond donors (Lipinski definition) is 2. The third kappa shape index (κ3) is 4.36. The summed E-state index contributed by atoms with van der Waals surface area (Å²) in [5.74, 6) is -0.456. The van der Waals surface area contributed by atoms with Crippen LogP contribution in [0.5, 0.6) is 0 Å². The topological polar surface area (TPSA) is 75.4 Å². The van der Waals surface area contributed by atoms with Crippen LogP contribution in [0.15, 0.2) is 78.9 Å². The van der Waals surface area contributed by atoms with Crippen molar-refractivity contribution < 1.29 is 9.59 Å². The average Bonchev–Trinajstić information content (AvgIpc) is 2.74. The van der Waals surface area contributed by atoms with Crippen molar-refractivity contribution in [2.75, 3.05) is 5.32 Å². The van der Waals surface area contributed by atoms with Crippen LogP contribution >= 0.6 is 0 Å². The Hall–Kier alpha value is -3.44. The smallest absolute Gasteiger partial charge is 0.255 e. The summed E-state index contributed by atoms with van der Waals surface area (Å²) in [7, 11) is 0. The normalized spacial score (nSPS) is 16.1. The second-order valence-electron chi connectivity index (χ2n) is 7.31. The molecule has 0 fully saturated rings. The summed E-state index contributed by atoms with van der Waals surface area (Å²) in [4.78, 5) is 26.5. The first-order valence-corrected chi connectivity index (χ1v) is 9.65. The molecule has 0 spiro atoms. The number of para-hydroxylation sites is 1. The molecule has 0 saturated carbocycles. The molecule has 3 aromatic rings. The van der Waals surface area contributed by atoms with E-state index in [-0.39, 0.29) is 17.9 Å². The highest BCUT2D eigenvalue weighted by Crippen LogP contribution is 2.25. The van der Waals surface area contributed by atoms with E-state index >= 15 is 0 Å². The van der Waals surface area contributed by atoms with Crippen LogP contribution in [0.2, 0.25) is 0 Å². The maximum absolute atomic E-state index is 12.4. The van der Waals surface area contributed by atoms with Crippen molar-refractivity contribution in [2.45, 2.75) is 25.6 Å². The average molecular weight is 385 g/mol. The lowest BCUT2D eigenvalue weighted by Crippen LogP contribution is -2.48. The molecule has 0 saturated heterocycles. The van der Waals surface area contributed by atoms with Gasteiger partial charge >= 0.3 is 0 Å². The minimum absolute atomic E-state index is 0.148. The molecule has 1 atom stereocenters. The molecule has 3 aromatic carbocycles. The van der Waals surface area contributed by atoms with Gasteiger partial charge in [0, 0.05) is 24.3 Å². The molecule has 1 aliphatic rings. The molecule has 5 heteroatoms. The Balaban J connectivity index is 1.46. The predicted molar refractivity (Wildman–Crippen MR) is 113 cm³/mol. The first kappa shape index (κ1) is 18.9. The van der Waals surface area contributed by atoms with Gasteiger partial charge in [-0.05, 0) is 47.4 Å². The van der Waals surface area contributed by atoms with E-state index in [2.05, 4.69) is 22.3 Å². The van der Waals surface area contributed by atoms with E-state index in [0.717, 1.165) is 11.3 Å². The molecule has 0 bridgehead atoms. The summed E-state index contributed by atoms with van der Waals surface area (Å²) in [5, 5.41) is 2.88. The summed E-state index contributed by atoms with van der Waals surface area (Å²) in [6.45, 7) is 1.28. The number of hydrogen-bond acceptors (Lipinski definition) is 3. The standard InChI is InChI=1S/C24H23N3O2/c25-23(28)22-14-19-6-4-5-7-20(19)16-27(22)15-17-10-12-18(13-11-17)24(29)26-21-8-2-1-3-9-21/h1-13,22H,14-16H2,(H2,25,28)(H,26,29)/t22-/m1/s1. The number of nitrogens with zero attached hydrogens (tertiary/aromatic N) is 1. The molecule has 4 rings (SSSR count). The van der Waals surface area contributed by atoms with Crippen LogP contribution in [0, 0.1) is 0 Å². The van der Waals surface area contributed by atoms with Crippen LogP contribution in [-0.4, -0.2) is 22.8 Å². The molecule has 1 aliphatic heterocycles. The zero-order chi connectivity index (χ0) is 20.2. The van der Waals surface area contributed by atoms with Crippen molar-refractivity contribution in [3.63, 3.8) is 0 Å². The Morgan fingerprint density at radius 2 is 1.55 bits per heavy atom. The molecule has 0 radical (unpaired) electrons. The number of anilines is 1. The second-order valence-corrected chi connectivity index (χ2v) is 7.31. The molecular formula is C24H23N3O2. The van der Waals surface area contributed by atoms with Crippen LogP contribution in [0.3, 0.4) is 0 Å². The zero-order valence-electron chi connectivity index (χ0n) is 16.0. The third-order valence-electron chi connectivity index (χ3n) is 5.31. The van der Waals surface area contributed by atoms with Gasteiger partial charge < -0.3 is 11.1 Å². The van der Waals surface area contributed by atoms with E-state index in [1.807, 2.05) is 66.7 Å². The van der Waals surface area contributed by atoms with Crippen molar-refractivity contribution in [1.82, 2.24) is 4.90 Å². The van der Waals surface area contributed by atoms with Gasteiger partial charge in [-0.2, -0.15) is 0 Å². The Bertz CT molecular complexity index is 1020. The first-order chi connectivity index (χ1) is 14.1. The van der Waals surface area contributed by atoms with Crippen molar-refractivity contribution >= 4 is 17.5 Å². The highest BCUT2D eigenvalue weighted by molar-refractivity contribution is 6.04. The molecule has 0 unspecified atom stereocenters. The van der Waals surface area contributed by atoms with Gasteiger partial charge in [-0.25, -0.2) is 0 Å². The van der Waals surface area contributed by atoms with E-state index in [1.54, 1.807) is 0 Å². The fourth-order valence-electron chi connectivity index (χ4n) is 3.74. The van der Waals surface area contributed by atoms with Crippen LogP contribution < -0.4 is 11.1 Å². The number of carbonyl (C=O) groups excluding carboxylic acids is 2. The fraction of sp³-hybridized carbons (Fsp3) is 0.167. The first-order valence-electron chi connectivity index (χ1n) is 9.65. The van der Waals surface area contributed by atoms with Gasteiger partial charge in [-0.3, -0.25) is 14.5 Å². The lowest BCUT2D eigenvalue weighted by molar-refractivity contribution is -0.124. The zero-order valence-corrected chi connectivity index (χ0v) is 16.0. The second kappa shape index (κ2) is 8.29. The van der Waals surface area contributed by atoms with Crippen molar-refractivity contribution in [3.8, 4) is 0 Å². The van der Waals surface area contributed by atoms with Gasteiger partial charge in [0.05, 0.1) is 6.04 Å². The highest BCUT2D eigenvalue weighted by atomic mass is 16.2. The summed E-state index contributed by atoms with van der Waals surface area (Å²) in [6.07, 6.45) is 0.628. The Morgan fingerprint density at radius 1 is 0.897 bits per heavy atom. The van der Waals surface area contributed by atoms with E-state index < -0.39 is 0 Å². The predicted octanol–water partition coefficient (Wildman–Crippen LogP) is 3.35. The third-order valence-corrected chi connectivity index (χ3v) is 5.31. The number of rotatable bonds is 5. The van der Waals surface area contributed by atoms with Crippen LogP contribution in [0.1, 0.15) is 27.0 Å². The summed E-state index contributed by atoms with van der Waals surface area (Å²) < 4.78 is 0. The fourth-order valence-corrected chi connectivity index (χ4v) is 3.74. The van der Waals surface area contributed by atoms with Gasteiger partial charge in [-0.15, -0.1) is 0 Å². The minimum Gasteiger partial charge on any atom is -0.368 e. The molecular weight excluding hydrogens is 362 g/mol. The number of amides is 2. The van der Waals surface area contributed by atoms with Crippen LogP contribution in [0.25, 0.3) is 0 Å². The lowest BCUT2D eigenvalue weighted by atomic mass is 9.93. The molecule has 0 aromatic heterocycles. The molecule has 146 valence electrons. The maximum Gasteiger partial charge on any atom is 0.255 e. The SMILES string of the molecule is NC(=O)[C@H]1Cc2ccccc2CN1Cc1ccc(C(=O)Nc2ccccc2)cc1. The van der Waals surface area contributed by atoms with E-state index in [4.69, 9.17) is 5.73 Å². The van der Waals surface area contributed by atoms with Crippen LogP contribution in [-0.2, 0) is 24.3 Å². The van der Waals surface area contributed by atoms with Gasteiger partial charge in [0.2, 0.25) is 5.91 Å². The van der Waals surface area contributed by atoms with Gasteiger partial charge in [-0.1, -0.05) is 54.6 Å². The number of benzene rings is 3. The Labute approximate surface area is 170 Å². The monoisotopic (exact) mass is 385 g/mol. The Morgan fingerprint density at radius 3 is 2.24 bits per heavy atom. The molecule has 3 N–H and O–H groups in total. The van der Waals surface area contributed by atoms with E-state index in [0.29, 0.717) is 25.1 Å². The van der Waals surface area contributed by atoms with Gasteiger partial charge in [0.15, 0.2) is 0 Å². The number of primary amides is 1. The van der Waals surface area contributed by atoms with E-state index in [9.17, 15) is 9.59 Å². The molecule has 29 heavy (non-hydrogen) atoms. The van der Waals surface area contributed by atoms with Crippen molar-refractivity contribution in [3.05, 3.63) is 101 Å². The summed E-state index contributed by atoms with van der Waals surface area (Å²) >= 11 is 0. The maximum atomic E-state index is 12.4.